The van der Waals surface area contributed by atoms with Crippen molar-refractivity contribution in [3.63, 3.8) is 0 Å². The van der Waals surface area contributed by atoms with Gasteiger partial charge in [-0.15, -0.1) is 0 Å². The third-order valence-electron chi connectivity index (χ3n) is 4.81. The van der Waals surface area contributed by atoms with Crippen molar-refractivity contribution >= 4 is 27.6 Å². The molecule has 1 unspecified atom stereocenters. The van der Waals surface area contributed by atoms with Crippen molar-refractivity contribution in [1.29, 1.82) is 0 Å². The molecule has 0 aliphatic heterocycles. The topological polar surface area (TPSA) is 35.5 Å². The molecule has 4 heteroatoms. The minimum atomic E-state index is -0.348. The minimum Gasteiger partial charge on any atom is -0.497 e. The lowest BCUT2D eigenvalue weighted by atomic mass is 10.1. The van der Waals surface area contributed by atoms with E-state index in [1.165, 1.54) is 9.79 Å². The number of ether oxygens (including phenoxy) is 2. The van der Waals surface area contributed by atoms with E-state index in [-0.39, 0.29) is 16.9 Å². The van der Waals surface area contributed by atoms with E-state index >= 15 is 0 Å². The second kappa shape index (κ2) is 9.06. The van der Waals surface area contributed by atoms with Crippen molar-refractivity contribution in [2.24, 2.45) is 0 Å². The number of methoxy groups -OCH3 is 1. The fourth-order valence-electron chi connectivity index (χ4n) is 3.39. The molecule has 0 fully saturated rings. The molecule has 1 atom stereocenters. The Hall–Kier alpha value is -3.24. The molecule has 4 aromatic carbocycles. The van der Waals surface area contributed by atoms with E-state index in [1.807, 2.05) is 37.3 Å². The predicted molar refractivity (Wildman–Crippen MR) is 122 cm³/mol. The van der Waals surface area contributed by atoms with Crippen LogP contribution in [0.3, 0.4) is 0 Å². The van der Waals surface area contributed by atoms with Gasteiger partial charge in [0, 0.05) is 12.1 Å². The van der Waals surface area contributed by atoms with Crippen LogP contribution in [0.5, 0.6) is 5.75 Å². The average Bonchev–Trinajstić information content (AvgIpc) is 2.80. The summed E-state index contributed by atoms with van der Waals surface area (Å²) >= 11 is 0. The summed E-state index contributed by atoms with van der Waals surface area (Å²) in [7, 11) is 1.33. The molecule has 0 amide bonds. The first kappa shape index (κ1) is 20.0. The van der Waals surface area contributed by atoms with Gasteiger partial charge >= 0.3 is 5.97 Å². The predicted octanol–water partition coefficient (Wildman–Crippen LogP) is 6.12. The van der Waals surface area contributed by atoms with Crippen molar-refractivity contribution in [2.75, 3.05) is 13.7 Å². The van der Waals surface area contributed by atoms with Crippen LogP contribution in [0.1, 0.15) is 17.3 Å². The maximum Gasteiger partial charge on any atom is 0.338 e. The Kier molecular flexibility index (Phi) is 6.05. The summed E-state index contributed by atoms with van der Waals surface area (Å²) in [5.74, 6) is 0.556. The van der Waals surface area contributed by atoms with Gasteiger partial charge in [0.05, 0.1) is 30.2 Å². The Balaban J connectivity index is 1.83. The van der Waals surface area contributed by atoms with Crippen LogP contribution in [-0.4, -0.2) is 19.7 Å². The van der Waals surface area contributed by atoms with Crippen molar-refractivity contribution in [3.05, 3.63) is 96.6 Å². The summed E-state index contributed by atoms with van der Waals surface area (Å²) in [6.45, 7) is 2.18. The summed E-state index contributed by atoms with van der Waals surface area (Å²) in [4.78, 5) is 15.8. The van der Waals surface area contributed by atoms with Crippen molar-refractivity contribution in [3.8, 4) is 5.75 Å². The van der Waals surface area contributed by atoms with E-state index < -0.39 is 0 Å². The van der Waals surface area contributed by atoms with Gasteiger partial charge in [-0.25, -0.2) is 4.79 Å². The van der Waals surface area contributed by atoms with E-state index in [0.717, 1.165) is 21.4 Å². The molecule has 30 heavy (non-hydrogen) atoms. The summed E-state index contributed by atoms with van der Waals surface area (Å²) in [6.07, 6.45) is 0. The lowest BCUT2D eigenvalue weighted by molar-refractivity contribution is 0.0526. The maximum absolute atomic E-state index is 12.3. The van der Waals surface area contributed by atoms with Crippen LogP contribution < -0.4 is 4.74 Å². The van der Waals surface area contributed by atoms with Gasteiger partial charge in [-0.3, -0.25) is 0 Å². The quantitative estimate of drug-likeness (QED) is 0.281. The molecule has 4 rings (SSSR count). The van der Waals surface area contributed by atoms with Crippen molar-refractivity contribution in [2.45, 2.75) is 21.6 Å². The highest BCUT2D eigenvalue weighted by molar-refractivity contribution is 7.97. The number of hydrogen-bond donors (Lipinski definition) is 0. The fraction of sp³-hybridized carbons (Fsp3) is 0.115. The molecule has 0 aliphatic carbocycles. The second-order valence-corrected chi connectivity index (χ2v) is 8.77. The Morgan fingerprint density at radius 2 is 1.47 bits per heavy atom. The molecule has 0 aliphatic rings. The van der Waals surface area contributed by atoms with Gasteiger partial charge in [0.2, 0.25) is 0 Å². The molecular weight excluding hydrogens is 392 g/mol. The summed E-state index contributed by atoms with van der Waals surface area (Å²) < 4.78 is 10.6. The van der Waals surface area contributed by atoms with Gasteiger partial charge in [-0.05, 0) is 66.2 Å². The van der Waals surface area contributed by atoms with Crippen LogP contribution in [0.4, 0.5) is 0 Å². The number of carbonyl (C=O) groups excluding carboxylic acids is 1. The average molecular weight is 416 g/mol. The van der Waals surface area contributed by atoms with Crippen LogP contribution in [0.25, 0.3) is 10.8 Å². The van der Waals surface area contributed by atoms with Crippen LogP contribution >= 0.6 is 0 Å². The van der Waals surface area contributed by atoms with Gasteiger partial charge in [0.25, 0.3) is 0 Å². The van der Waals surface area contributed by atoms with Gasteiger partial charge in [0.15, 0.2) is 14.7 Å². The van der Waals surface area contributed by atoms with Crippen molar-refractivity contribution in [1.82, 2.24) is 0 Å². The molecule has 3 nitrogen and oxygen atoms in total. The molecule has 0 spiro atoms. The fourth-order valence-corrected chi connectivity index (χ4v) is 5.54. The molecule has 0 heterocycles. The number of rotatable bonds is 6. The van der Waals surface area contributed by atoms with Crippen LogP contribution in [0, 0.1) is 0 Å². The standard InChI is InChI=1S/C26H23O3S/c1-3-29-26(27)21-8-7-11-24(18-21)30(23-9-5-4-6-10-23)25-15-13-19-16-22(28-2)14-12-20(19)17-25/h4-18H,3H2,1-2H3/q+1. The zero-order valence-corrected chi connectivity index (χ0v) is 17.8. The molecule has 4 aromatic rings. The highest BCUT2D eigenvalue weighted by Crippen LogP contribution is 2.34. The highest BCUT2D eigenvalue weighted by Gasteiger charge is 2.29. The summed E-state index contributed by atoms with van der Waals surface area (Å²) in [5, 5.41) is 2.29. The smallest absolute Gasteiger partial charge is 0.338 e. The molecule has 0 saturated heterocycles. The first-order chi connectivity index (χ1) is 14.7. The van der Waals surface area contributed by atoms with E-state index in [2.05, 4.69) is 54.6 Å². The van der Waals surface area contributed by atoms with E-state index in [0.29, 0.717) is 12.2 Å². The molecule has 150 valence electrons. The maximum atomic E-state index is 12.3. The van der Waals surface area contributed by atoms with E-state index in [9.17, 15) is 4.79 Å². The van der Waals surface area contributed by atoms with Crippen LogP contribution in [-0.2, 0) is 15.6 Å². The van der Waals surface area contributed by atoms with Gasteiger partial charge < -0.3 is 9.47 Å². The lowest BCUT2D eigenvalue weighted by Gasteiger charge is -2.10. The van der Waals surface area contributed by atoms with Gasteiger partial charge in [-0.1, -0.05) is 30.3 Å². The van der Waals surface area contributed by atoms with E-state index in [4.69, 9.17) is 9.47 Å². The van der Waals surface area contributed by atoms with Crippen LogP contribution in [0.2, 0.25) is 0 Å². The SMILES string of the molecule is CCOC(=O)c1cccc([S+](c2ccccc2)c2ccc3cc(OC)ccc3c2)c1. The number of fused-ring (bicyclic) bond motifs is 1. The van der Waals surface area contributed by atoms with Crippen molar-refractivity contribution < 1.29 is 14.3 Å². The first-order valence-electron chi connectivity index (χ1n) is 9.84. The Morgan fingerprint density at radius 1 is 0.767 bits per heavy atom. The summed E-state index contributed by atoms with van der Waals surface area (Å²) in [5.41, 5.74) is 0.577. The Labute approximate surface area is 179 Å². The summed E-state index contributed by atoms with van der Waals surface area (Å²) in [6, 6.07) is 30.8. The first-order valence-corrected chi connectivity index (χ1v) is 11.1. The number of carbonyl (C=O) groups is 1. The Morgan fingerprint density at radius 3 is 2.23 bits per heavy atom. The molecule has 0 bridgehead atoms. The highest BCUT2D eigenvalue weighted by atomic mass is 32.2. The molecule has 0 saturated carbocycles. The van der Waals surface area contributed by atoms with Gasteiger partial charge in [-0.2, -0.15) is 0 Å². The number of esters is 1. The molecule has 0 radical (unpaired) electrons. The third-order valence-corrected chi connectivity index (χ3v) is 7.01. The molecule has 0 aromatic heterocycles. The zero-order chi connectivity index (χ0) is 20.9. The number of hydrogen-bond acceptors (Lipinski definition) is 3. The zero-order valence-electron chi connectivity index (χ0n) is 17.0. The Bertz CT molecular complexity index is 1170. The van der Waals surface area contributed by atoms with Crippen LogP contribution in [0.15, 0.2) is 106 Å². The largest absolute Gasteiger partial charge is 0.497 e. The third kappa shape index (κ3) is 4.19. The number of benzene rings is 4. The lowest BCUT2D eigenvalue weighted by Crippen LogP contribution is -2.08. The second-order valence-electron chi connectivity index (χ2n) is 6.74. The monoisotopic (exact) mass is 415 g/mol. The molecule has 0 N–H and O–H groups in total. The van der Waals surface area contributed by atoms with Gasteiger partial charge in [0.1, 0.15) is 5.75 Å². The minimum absolute atomic E-state index is 0.290. The molecular formula is C26H23O3S+. The van der Waals surface area contributed by atoms with E-state index in [1.54, 1.807) is 13.2 Å². The normalized spacial score (nSPS) is 11.8.